The first kappa shape index (κ1) is 21.8. The van der Waals surface area contributed by atoms with E-state index in [2.05, 4.69) is 31.6 Å². The van der Waals surface area contributed by atoms with E-state index in [1.165, 1.54) is 31.6 Å². The highest BCUT2D eigenvalue weighted by atomic mass is 19.1. The minimum absolute atomic E-state index is 0.164. The number of methoxy groups -OCH3 is 1. The summed E-state index contributed by atoms with van der Waals surface area (Å²) in [5.74, 6) is -0.643. The Morgan fingerprint density at radius 3 is 2.63 bits per heavy atom. The standard InChI is InChI=1S/C24H16FN7O3/c1-35-20-5-4-18(25)22-17(20)9-14(11-26)32(22)7-6-27-21-10-19(28-12-29-21)13-2-3-15-16(8-13)24(34)31-30-23(15)33/h2-5,8-10,12H,6-7H2,1H3,(H,27,28,29). The number of azo groups is 1. The molecule has 5 rings (SSSR count). The zero-order valence-corrected chi connectivity index (χ0v) is 18.3. The lowest BCUT2D eigenvalue weighted by molar-refractivity contribution is 0.0921. The van der Waals surface area contributed by atoms with Crippen LogP contribution in [0.5, 0.6) is 5.75 Å². The molecule has 0 radical (unpaired) electrons. The lowest BCUT2D eigenvalue weighted by atomic mass is 10.0. The molecular weight excluding hydrogens is 453 g/mol. The third kappa shape index (κ3) is 3.87. The summed E-state index contributed by atoms with van der Waals surface area (Å²) in [6.45, 7) is 0.624. The molecule has 0 aliphatic carbocycles. The summed E-state index contributed by atoms with van der Waals surface area (Å²) in [5, 5.41) is 19.9. The van der Waals surface area contributed by atoms with Crippen molar-refractivity contribution in [2.75, 3.05) is 19.0 Å². The van der Waals surface area contributed by atoms with Gasteiger partial charge < -0.3 is 14.6 Å². The van der Waals surface area contributed by atoms with E-state index in [9.17, 15) is 19.2 Å². The molecule has 1 aliphatic heterocycles. The molecule has 0 spiro atoms. The number of aromatic nitrogens is 3. The highest BCUT2D eigenvalue weighted by Crippen LogP contribution is 2.31. The molecule has 3 heterocycles. The summed E-state index contributed by atoms with van der Waals surface area (Å²) in [7, 11) is 1.49. The largest absolute Gasteiger partial charge is 0.496 e. The van der Waals surface area contributed by atoms with Gasteiger partial charge in [0.2, 0.25) is 0 Å². The molecule has 0 atom stereocenters. The van der Waals surface area contributed by atoms with Gasteiger partial charge in [-0.05, 0) is 30.3 Å². The quantitative estimate of drug-likeness (QED) is 0.451. The Hall–Kier alpha value is -4.98. The number of nitrogens with zero attached hydrogens (tertiary/aromatic N) is 6. The molecule has 0 bridgehead atoms. The molecule has 0 unspecified atom stereocenters. The molecule has 2 aromatic carbocycles. The minimum Gasteiger partial charge on any atom is -0.496 e. The molecule has 172 valence electrons. The molecule has 10 nitrogen and oxygen atoms in total. The van der Waals surface area contributed by atoms with Crippen LogP contribution in [0.3, 0.4) is 0 Å². The van der Waals surface area contributed by atoms with Gasteiger partial charge in [-0.15, -0.1) is 10.2 Å². The third-order valence-electron chi connectivity index (χ3n) is 5.62. The number of benzene rings is 2. The second-order valence-electron chi connectivity index (χ2n) is 7.59. The lowest BCUT2D eigenvalue weighted by Gasteiger charge is -2.12. The summed E-state index contributed by atoms with van der Waals surface area (Å²) in [4.78, 5) is 32.3. The molecule has 1 aliphatic rings. The Morgan fingerprint density at radius 2 is 1.86 bits per heavy atom. The van der Waals surface area contributed by atoms with Crippen molar-refractivity contribution in [1.29, 1.82) is 5.26 Å². The predicted octanol–water partition coefficient (Wildman–Crippen LogP) is 3.98. The highest BCUT2D eigenvalue weighted by Gasteiger charge is 2.22. The molecule has 11 heteroatoms. The van der Waals surface area contributed by atoms with Crippen LogP contribution in [0.4, 0.5) is 10.2 Å². The summed E-state index contributed by atoms with van der Waals surface area (Å²) in [6, 6.07) is 12.9. The Bertz CT molecular complexity index is 1590. The number of ether oxygens (including phenoxy) is 1. The fourth-order valence-electron chi connectivity index (χ4n) is 3.99. The van der Waals surface area contributed by atoms with E-state index in [0.29, 0.717) is 40.4 Å². The van der Waals surface area contributed by atoms with Crippen molar-refractivity contribution in [3.05, 3.63) is 71.4 Å². The molecule has 35 heavy (non-hydrogen) atoms. The van der Waals surface area contributed by atoms with E-state index in [4.69, 9.17) is 4.74 Å². The minimum atomic E-state index is -0.593. The predicted molar refractivity (Wildman–Crippen MR) is 123 cm³/mol. The Kier molecular flexibility index (Phi) is 5.46. The third-order valence-corrected chi connectivity index (χ3v) is 5.62. The normalized spacial score (nSPS) is 12.5. The SMILES string of the molecule is COc1ccc(F)c2c1cc(C#N)n2CCNc1cc(-c2ccc3c(c2)C(=O)N=NC3=O)ncn1. The van der Waals surface area contributed by atoms with Crippen LogP contribution < -0.4 is 10.1 Å². The second kappa shape index (κ2) is 8.75. The van der Waals surface area contributed by atoms with Crippen molar-refractivity contribution in [3.63, 3.8) is 0 Å². The maximum Gasteiger partial charge on any atom is 0.296 e. The second-order valence-corrected chi connectivity index (χ2v) is 7.59. The number of amides is 2. The number of hydrogen-bond acceptors (Lipinski definition) is 7. The topological polar surface area (TPSA) is 135 Å². The maximum atomic E-state index is 14.6. The highest BCUT2D eigenvalue weighted by molar-refractivity contribution is 6.11. The molecule has 4 aromatic rings. The first-order chi connectivity index (χ1) is 17.0. The van der Waals surface area contributed by atoms with Gasteiger partial charge in [0.15, 0.2) is 0 Å². The monoisotopic (exact) mass is 469 g/mol. The molecule has 2 amide bonds. The number of fused-ring (bicyclic) bond motifs is 2. The van der Waals surface area contributed by atoms with Crippen molar-refractivity contribution >= 4 is 28.5 Å². The van der Waals surface area contributed by atoms with Crippen LogP contribution in [0.2, 0.25) is 0 Å². The van der Waals surface area contributed by atoms with Crippen LogP contribution in [0.15, 0.2) is 59.0 Å². The van der Waals surface area contributed by atoms with E-state index in [0.717, 1.165) is 0 Å². The fourth-order valence-corrected chi connectivity index (χ4v) is 3.99. The summed E-state index contributed by atoms with van der Waals surface area (Å²) in [5.41, 5.74) is 2.07. The molecule has 0 saturated heterocycles. The summed E-state index contributed by atoms with van der Waals surface area (Å²) < 4.78 is 21.5. The Balaban J connectivity index is 1.38. The van der Waals surface area contributed by atoms with Crippen molar-refractivity contribution in [2.24, 2.45) is 10.2 Å². The first-order valence-corrected chi connectivity index (χ1v) is 10.5. The molecule has 0 fully saturated rings. The Labute approximate surface area is 197 Å². The van der Waals surface area contributed by atoms with E-state index in [1.54, 1.807) is 28.8 Å². The van der Waals surface area contributed by atoms with Crippen LogP contribution >= 0.6 is 0 Å². The number of carbonyl (C=O) groups is 2. The van der Waals surface area contributed by atoms with Crippen molar-refractivity contribution in [2.45, 2.75) is 6.54 Å². The van der Waals surface area contributed by atoms with Gasteiger partial charge in [0.1, 0.15) is 35.5 Å². The van der Waals surface area contributed by atoms with E-state index in [1.807, 2.05) is 0 Å². The molecule has 1 N–H and O–H groups in total. The fraction of sp³-hybridized carbons (Fsp3) is 0.125. The van der Waals surface area contributed by atoms with Gasteiger partial charge in [-0.25, -0.2) is 14.4 Å². The number of carbonyl (C=O) groups excluding carboxylic acids is 2. The van der Waals surface area contributed by atoms with E-state index in [-0.39, 0.29) is 23.2 Å². The summed E-state index contributed by atoms with van der Waals surface area (Å²) in [6.07, 6.45) is 1.36. The van der Waals surface area contributed by atoms with Gasteiger partial charge in [-0.1, -0.05) is 6.07 Å². The Morgan fingerprint density at radius 1 is 1.06 bits per heavy atom. The molecule has 0 saturated carbocycles. The summed E-state index contributed by atoms with van der Waals surface area (Å²) >= 11 is 0. The van der Waals surface area contributed by atoms with Crippen LogP contribution in [-0.2, 0) is 6.54 Å². The number of nitriles is 1. The first-order valence-electron chi connectivity index (χ1n) is 10.5. The smallest absolute Gasteiger partial charge is 0.296 e. The number of nitrogens with one attached hydrogen (secondary N) is 1. The van der Waals surface area contributed by atoms with E-state index >= 15 is 0 Å². The van der Waals surface area contributed by atoms with Gasteiger partial charge in [0, 0.05) is 30.1 Å². The lowest BCUT2D eigenvalue weighted by Crippen LogP contribution is -2.13. The van der Waals surface area contributed by atoms with Crippen molar-refractivity contribution in [1.82, 2.24) is 14.5 Å². The number of halogens is 1. The van der Waals surface area contributed by atoms with Gasteiger partial charge >= 0.3 is 0 Å². The molecule has 2 aromatic heterocycles. The van der Waals surface area contributed by atoms with Crippen LogP contribution in [0.1, 0.15) is 26.4 Å². The number of rotatable bonds is 6. The van der Waals surface area contributed by atoms with Crippen molar-refractivity contribution in [3.8, 4) is 23.1 Å². The number of hydrogen-bond donors (Lipinski definition) is 1. The van der Waals surface area contributed by atoms with Crippen LogP contribution in [0.25, 0.3) is 22.2 Å². The van der Waals surface area contributed by atoms with Gasteiger partial charge in [-0.3, -0.25) is 9.59 Å². The zero-order valence-electron chi connectivity index (χ0n) is 18.3. The van der Waals surface area contributed by atoms with Crippen LogP contribution in [0, 0.1) is 17.1 Å². The maximum absolute atomic E-state index is 14.6. The average Bonchev–Trinajstić information content (AvgIpc) is 3.26. The van der Waals surface area contributed by atoms with Gasteiger partial charge in [0.05, 0.1) is 29.4 Å². The average molecular weight is 469 g/mol. The zero-order chi connectivity index (χ0) is 24.5. The number of anilines is 1. The van der Waals surface area contributed by atoms with E-state index < -0.39 is 17.6 Å². The van der Waals surface area contributed by atoms with Crippen molar-refractivity contribution < 1.29 is 18.7 Å². The molecular formula is C24H16FN7O3. The van der Waals surface area contributed by atoms with Gasteiger partial charge in [0.25, 0.3) is 11.8 Å². The van der Waals surface area contributed by atoms with Gasteiger partial charge in [-0.2, -0.15) is 5.26 Å². The van der Waals surface area contributed by atoms with Crippen LogP contribution in [-0.4, -0.2) is 40.0 Å².